The third-order valence-corrected chi connectivity index (χ3v) is 4.08. The summed E-state index contributed by atoms with van der Waals surface area (Å²) in [7, 11) is 0. The van der Waals surface area contributed by atoms with Crippen LogP contribution in [0.2, 0.25) is 0 Å². The van der Waals surface area contributed by atoms with Crippen molar-refractivity contribution in [2.24, 2.45) is 0 Å². The lowest BCUT2D eigenvalue weighted by molar-refractivity contribution is 0.626. The molecule has 0 N–H and O–H groups in total. The fraction of sp³-hybridized carbons (Fsp3) is 0.467. The molecule has 0 spiro atoms. The molecule has 2 rings (SSSR count). The Bertz CT molecular complexity index is 504. The Labute approximate surface area is 119 Å². The van der Waals surface area contributed by atoms with Gasteiger partial charge in [-0.3, -0.25) is 4.68 Å². The average molecular weight is 275 g/mol. The van der Waals surface area contributed by atoms with E-state index in [1.165, 1.54) is 10.5 Å². The van der Waals surface area contributed by atoms with Crippen molar-refractivity contribution in [2.45, 2.75) is 44.6 Å². The van der Waals surface area contributed by atoms with E-state index in [0.29, 0.717) is 5.92 Å². The summed E-state index contributed by atoms with van der Waals surface area (Å²) in [5.74, 6) is 1.59. The van der Waals surface area contributed by atoms with Crippen LogP contribution in [0.4, 0.5) is 0 Å². The molecule has 2 aromatic rings. The summed E-state index contributed by atoms with van der Waals surface area (Å²) in [6.45, 7) is 7.38. The van der Waals surface area contributed by atoms with E-state index in [2.05, 4.69) is 55.3 Å². The minimum Gasteiger partial charge on any atom is -0.253 e. The number of aryl methyl sites for hydroxylation is 1. The highest BCUT2D eigenvalue weighted by atomic mass is 32.2. The largest absolute Gasteiger partial charge is 0.253 e. The van der Waals surface area contributed by atoms with Crippen LogP contribution < -0.4 is 0 Å². The van der Waals surface area contributed by atoms with Crippen molar-refractivity contribution in [2.75, 3.05) is 5.75 Å². The second kappa shape index (κ2) is 6.75. The van der Waals surface area contributed by atoms with Crippen molar-refractivity contribution in [1.82, 2.24) is 15.0 Å². The van der Waals surface area contributed by atoms with Gasteiger partial charge in [0.1, 0.15) is 0 Å². The van der Waals surface area contributed by atoms with Crippen molar-refractivity contribution < 1.29 is 0 Å². The van der Waals surface area contributed by atoms with Crippen LogP contribution in [0, 0.1) is 0 Å². The van der Waals surface area contributed by atoms with E-state index in [9.17, 15) is 0 Å². The maximum absolute atomic E-state index is 4.21. The topological polar surface area (TPSA) is 30.7 Å². The molecule has 1 aromatic heterocycles. The molecule has 0 bridgehead atoms. The maximum atomic E-state index is 4.21. The molecule has 0 radical (unpaired) electrons. The maximum Gasteiger partial charge on any atom is 0.0833 e. The monoisotopic (exact) mass is 275 g/mol. The lowest BCUT2D eigenvalue weighted by Crippen LogP contribution is -1.99. The summed E-state index contributed by atoms with van der Waals surface area (Å²) in [5.41, 5.74) is 2.44. The molecule has 0 fully saturated rings. The van der Waals surface area contributed by atoms with Gasteiger partial charge in [0.05, 0.1) is 5.69 Å². The van der Waals surface area contributed by atoms with Gasteiger partial charge in [0, 0.05) is 17.6 Å². The molecule has 1 aromatic carbocycles. The lowest BCUT2D eigenvalue weighted by Gasteiger charge is -2.10. The number of hydrogen-bond acceptors (Lipinski definition) is 3. The standard InChI is InChI=1S/C15H21N3S/c1-4-18-11-14(16-17-18)10-12(3)13-6-8-15(9-7-13)19-5-2/h6-9,11-12H,4-5,10H2,1-3H3. The highest BCUT2D eigenvalue weighted by molar-refractivity contribution is 7.99. The van der Waals surface area contributed by atoms with Crippen LogP contribution in [0.15, 0.2) is 35.4 Å². The second-order valence-corrected chi connectivity index (χ2v) is 6.01. The van der Waals surface area contributed by atoms with Crippen LogP contribution >= 0.6 is 11.8 Å². The van der Waals surface area contributed by atoms with Crippen molar-refractivity contribution in [3.05, 3.63) is 41.7 Å². The van der Waals surface area contributed by atoms with E-state index < -0.39 is 0 Å². The Morgan fingerprint density at radius 2 is 1.95 bits per heavy atom. The predicted octanol–water partition coefficient (Wildman–Crippen LogP) is 3.76. The lowest BCUT2D eigenvalue weighted by atomic mass is 9.97. The molecule has 0 aliphatic rings. The van der Waals surface area contributed by atoms with Crippen molar-refractivity contribution in [1.29, 1.82) is 0 Å². The molecule has 1 atom stereocenters. The fourth-order valence-corrected chi connectivity index (χ4v) is 2.74. The third kappa shape index (κ3) is 3.83. The Balaban J connectivity index is 2.00. The van der Waals surface area contributed by atoms with Gasteiger partial charge < -0.3 is 0 Å². The molecule has 0 aliphatic carbocycles. The SMILES string of the molecule is CCSc1ccc(C(C)Cc2cn(CC)nn2)cc1. The minimum absolute atomic E-state index is 0.475. The summed E-state index contributed by atoms with van der Waals surface area (Å²) in [6.07, 6.45) is 2.98. The fourth-order valence-electron chi connectivity index (χ4n) is 2.08. The Hall–Kier alpha value is -1.29. The van der Waals surface area contributed by atoms with Gasteiger partial charge >= 0.3 is 0 Å². The van der Waals surface area contributed by atoms with Crippen LogP contribution in [0.25, 0.3) is 0 Å². The molecule has 0 saturated heterocycles. The molecule has 102 valence electrons. The van der Waals surface area contributed by atoms with Crippen molar-refractivity contribution in [3.63, 3.8) is 0 Å². The Morgan fingerprint density at radius 1 is 1.21 bits per heavy atom. The van der Waals surface area contributed by atoms with Crippen LogP contribution in [-0.2, 0) is 13.0 Å². The number of nitrogens with zero attached hydrogens (tertiary/aromatic N) is 3. The first-order chi connectivity index (χ1) is 9.22. The molecular formula is C15H21N3S. The first-order valence-electron chi connectivity index (χ1n) is 6.84. The van der Waals surface area contributed by atoms with Crippen molar-refractivity contribution in [3.8, 4) is 0 Å². The summed E-state index contributed by atoms with van der Waals surface area (Å²) in [6, 6.07) is 8.88. The molecule has 19 heavy (non-hydrogen) atoms. The summed E-state index contributed by atoms with van der Waals surface area (Å²) in [4.78, 5) is 1.34. The van der Waals surface area contributed by atoms with E-state index in [1.807, 2.05) is 22.6 Å². The molecule has 1 unspecified atom stereocenters. The predicted molar refractivity (Wildman–Crippen MR) is 80.7 cm³/mol. The van der Waals surface area contributed by atoms with Crippen LogP contribution in [0.5, 0.6) is 0 Å². The number of benzene rings is 1. The molecule has 0 amide bonds. The second-order valence-electron chi connectivity index (χ2n) is 4.67. The van der Waals surface area contributed by atoms with Gasteiger partial charge in [-0.1, -0.05) is 31.2 Å². The third-order valence-electron chi connectivity index (χ3n) is 3.19. The van der Waals surface area contributed by atoms with E-state index in [4.69, 9.17) is 0 Å². The number of rotatable bonds is 6. The number of hydrogen-bond donors (Lipinski definition) is 0. The van der Waals surface area contributed by atoms with Gasteiger partial charge in [0.25, 0.3) is 0 Å². The molecule has 0 aliphatic heterocycles. The zero-order chi connectivity index (χ0) is 13.7. The van der Waals surface area contributed by atoms with Crippen molar-refractivity contribution >= 4 is 11.8 Å². The Kier molecular flexibility index (Phi) is 5.02. The number of aromatic nitrogens is 3. The normalized spacial score (nSPS) is 12.6. The Morgan fingerprint density at radius 3 is 2.53 bits per heavy atom. The van der Waals surface area contributed by atoms with Crippen LogP contribution in [0.1, 0.15) is 37.9 Å². The van der Waals surface area contributed by atoms with Gasteiger partial charge in [0.15, 0.2) is 0 Å². The summed E-state index contributed by atoms with van der Waals surface area (Å²) >= 11 is 1.88. The molecular weight excluding hydrogens is 254 g/mol. The van der Waals surface area contributed by atoms with Crippen LogP contribution in [-0.4, -0.2) is 20.7 Å². The van der Waals surface area contributed by atoms with Gasteiger partial charge in [-0.05, 0) is 42.7 Å². The van der Waals surface area contributed by atoms with Gasteiger partial charge in [-0.15, -0.1) is 16.9 Å². The van der Waals surface area contributed by atoms with E-state index in [0.717, 1.165) is 24.4 Å². The molecule has 3 nitrogen and oxygen atoms in total. The first kappa shape index (κ1) is 14.1. The van der Waals surface area contributed by atoms with E-state index in [1.54, 1.807) is 0 Å². The summed E-state index contributed by atoms with van der Waals surface area (Å²) < 4.78 is 1.88. The van der Waals surface area contributed by atoms with E-state index in [-0.39, 0.29) is 0 Å². The van der Waals surface area contributed by atoms with Gasteiger partial charge in [-0.2, -0.15) is 0 Å². The first-order valence-corrected chi connectivity index (χ1v) is 7.83. The molecule has 0 saturated carbocycles. The zero-order valence-corrected chi connectivity index (χ0v) is 12.7. The highest BCUT2D eigenvalue weighted by Gasteiger charge is 2.09. The average Bonchev–Trinajstić information content (AvgIpc) is 2.87. The van der Waals surface area contributed by atoms with Gasteiger partial charge in [0.2, 0.25) is 0 Å². The summed E-state index contributed by atoms with van der Waals surface area (Å²) in [5, 5.41) is 8.29. The molecule has 1 heterocycles. The van der Waals surface area contributed by atoms with Crippen LogP contribution in [0.3, 0.4) is 0 Å². The molecule has 4 heteroatoms. The van der Waals surface area contributed by atoms with Gasteiger partial charge in [-0.25, -0.2) is 0 Å². The minimum atomic E-state index is 0.475. The highest BCUT2D eigenvalue weighted by Crippen LogP contribution is 2.23. The van der Waals surface area contributed by atoms with E-state index >= 15 is 0 Å². The smallest absolute Gasteiger partial charge is 0.0833 e. The zero-order valence-electron chi connectivity index (χ0n) is 11.8. The number of thioether (sulfide) groups is 1. The quantitative estimate of drug-likeness (QED) is 0.752.